The first-order chi connectivity index (χ1) is 18.3. The van der Waals surface area contributed by atoms with E-state index in [4.69, 9.17) is 0 Å². The van der Waals surface area contributed by atoms with E-state index in [-0.39, 0.29) is 30.7 Å². The maximum absolute atomic E-state index is 13.1. The van der Waals surface area contributed by atoms with Gasteiger partial charge in [0.25, 0.3) is 0 Å². The summed E-state index contributed by atoms with van der Waals surface area (Å²) in [5.41, 5.74) is 0.975. The van der Waals surface area contributed by atoms with E-state index in [0.29, 0.717) is 31.8 Å². The van der Waals surface area contributed by atoms with E-state index >= 15 is 0 Å². The second-order valence-electron chi connectivity index (χ2n) is 17.4. The number of amides is 1. The van der Waals surface area contributed by atoms with Crippen LogP contribution in [0, 0.1) is 46.3 Å². The summed E-state index contributed by atoms with van der Waals surface area (Å²) < 4.78 is 1.28. The molecule has 2 aliphatic rings. The molecule has 0 N–H and O–H groups in total. The zero-order valence-electron chi connectivity index (χ0n) is 30.4. The number of halogens is 2. The minimum atomic E-state index is 0. The molecular weight excluding hydrogens is 561 g/mol. The van der Waals surface area contributed by atoms with E-state index in [1.807, 2.05) is 0 Å². The molecule has 2 saturated carbocycles. The van der Waals surface area contributed by atoms with Gasteiger partial charge in [0.2, 0.25) is 0 Å². The largest absolute Gasteiger partial charge is 1.00 e. The predicted molar refractivity (Wildman–Crippen MR) is 173 cm³/mol. The van der Waals surface area contributed by atoms with Crippen LogP contribution in [0.4, 0.5) is 0 Å². The van der Waals surface area contributed by atoms with E-state index in [1.165, 1.54) is 77.0 Å². The van der Waals surface area contributed by atoms with E-state index < -0.39 is 0 Å². The summed E-state index contributed by atoms with van der Waals surface area (Å²) in [6.07, 6.45) is 16.1. The molecular formula is C36H73Cl2N3O. The first kappa shape index (κ1) is 42.0. The van der Waals surface area contributed by atoms with Crippen LogP contribution in [0.3, 0.4) is 0 Å². The molecule has 252 valence electrons. The summed E-state index contributed by atoms with van der Waals surface area (Å²) >= 11 is 0. The zero-order valence-corrected chi connectivity index (χ0v) is 31.9. The van der Waals surface area contributed by atoms with Gasteiger partial charge >= 0.3 is 5.91 Å². The van der Waals surface area contributed by atoms with Crippen molar-refractivity contribution >= 4 is 5.91 Å². The monoisotopic (exact) mass is 634 g/mol. The fraction of sp³-hybridized carbons (Fsp3) is 0.972. The van der Waals surface area contributed by atoms with E-state index in [2.05, 4.69) is 88.7 Å². The van der Waals surface area contributed by atoms with E-state index in [0.717, 1.165) is 36.8 Å². The van der Waals surface area contributed by atoms with Crippen LogP contribution in [-0.4, -0.2) is 61.5 Å². The van der Waals surface area contributed by atoms with Gasteiger partial charge in [-0.25, -0.2) is 0 Å². The molecule has 0 bridgehead atoms. The molecule has 1 amide bonds. The van der Waals surface area contributed by atoms with Gasteiger partial charge in [0, 0.05) is 19.8 Å². The highest BCUT2D eigenvalue weighted by Crippen LogP contribution is 2.47. The Balaban J connectivity index is 0.00000840. The SMILES string of the molecule is CC(=O)N([N+](C)(C)CCC(C)CCC1C(C)CCCC1(C)C)[N+](C)(C)CCC(C)CCC1C(C)CCCC1(C)C.[Cl-].[Cl-]. The van der Waals surface area contributed by atoms with Crippen molar-refractivity contribution < 1.29 is 38.8 Å². The Hall–Kier alpha value is -0.0300. The van der Waals surface area contributed by atoms with E-state index in [9.17, 15) is 4.79 Å². The first-order valence-electron chi connectivity index (χ1n) is 17.3. The van der Waals surface area contributed by atoms with Crippen molar-refractivity contribution in [3.63, 3.8) is 0 Å². The molecule has 0 radical (unpaired) electrons. The number of hydrogen-bond donors (Lipinski definition) is 0. The minimum absolute atomic E-state index is 0. The van der Waals surface area contributed by atoms with Crippen molar-refractivity contribution in [3.8, 4) is 0 Å². The third-order valence-electron chi connectivity index (χ3n) is 11.9. The molecule has 2 aliphatic carbocycles. The number of hydrogen-bond acceptors (Lipinski definition) is 1. The fourth-order valence-corrected chi connectivity index (χ4v) is 9.32. The molecule has 4 nitrogen and oxygen atoms in total. The second-order valence-corrected chi connectivity index (χ2v) is 17.4. The lowest BCUT2D eigenvalue weighted by molar-refractivity contribution is -1.21. The van der Waals surface area contributed by atoms with Gasteiger partial charge in [0.1, 0.15) is 13.1 Å². The number of quaternary nitrogens is 2. The molecule has 0 aromatic heterocycles. The van der Waals surface area contributed by atoms with Gasteiger partial charge in [0.15, 0.2) is 0 Å². The van der Waals surface area contributed by atoms with Crippen molar-refractivity contribution in [2.24, 2.45) is 46.3 Å². The number of rotatable bonds is 14. The Bertz CT molecular complexity index is 739. The van der Waals surface area contributed by atoms with Gasteiger partial charge in [-0.1, -0.05) is 93.9 Å². The van der Waals surface area contributed by atoms with Crippen LogP contribution in [0.25, 0.3) is 0 Å². The number of carbonyl (C=O) groups excluding carboxylic acids is 1. The summed E-state index contributed by atoms with van der Waals surface area (Å²) in [7, 11) is 8.99. The van der Waals surface area contributed by atoms with Crippen molar-refractivity contribution in [2.75, 3.05) is 41.3 Å². The Morgan fingerprint density at radius 3 is 1.33 bits per heavy atom. The maximum atomic E-state index is 13.1. The van der Waals surface area contributed by atoms with Gasteiger partial charge in [-0.2, -0.15) is 9.18 Å². The highest BCUT2D eigenvalue weighted by molar-refractivity contribution is 5.70. The summed E-state index contributed by atoms with van der Waals surface area (Å²) in [6.45, 7) is 23.6. The Labute approximate surface area is 276 Å². The molecule has 6 heteroatoms. The van der Waals surface area contributed by atoms with E-state index in [1.54, 1.807) is 6.92 Å². The molecule has 0 aromatic rings. The minimum Gasteiger partial charge on any atom is -1.00 e. The lowest BCUT2D eigenvalue weighted by atomic mass is 9.62. The van der Waals surface area contributed by atoms with Gasteiger partial charge in [-0.3, -0.25) is 4.79 Å². The molecule has 0 spiro atoms. The van der Waals surface area contributed by atoms with Gasteiger partial charge < -0.3 is 24.8 Å². The lowest BCUT2D eigenvalue weighted by Crippen LogP contribution is -3.00. The third-order valence-corrected chi connectivity index (χ3v) is 11.9. The summed E-state index contributed by atoms with van der Waals surface area (Å²) in [5, 5.41) is 2.14. The zero-order chi connectivity index (χ0) is 30.5. The van der Waals surface area contributed by atoms with Crippen molar-refractivity contribution in [2.45, 2.75) is 139 Å². The van der Waals surface area contributed by atoms with Crippen molar-refractivity contribution in [3.05, 3.63) is 0 Å². The molecule has 6 unspecified atom stereocenters. The van der Waals surface area contributed by atoms with Gasteiger partial charge in [-0.15, -0.1) is 0 Å². The van der Waals surface area contributed by atoms with Crippen LogP contribution in [0.1, 0.15) is 139 Å². The first-order valence-corrected chi connectivity index (χ1v) is 17.3. The Morgan fingerprint density at radius 1 is 0.714 bits per heavy atom. The predicted octanol–water partition coefficient (Wildman–Crippen LogP) is 3.36. The lowest BCUT2D eigenvalue weighted by Gasteiger charge is -2.47. The smallest absolute Gasteiger partial charge is 0.320 e. The van der Waals surface area contributed by atoms with Gasteiger partial charge in [0.05, 0.1) is 28.2 Å². The average Bonchev–Trinajstić information content (AvgIpc) is 2.79. The van der Waals surface area contributed by atoms with Crippen LogP contribution in [-0.2, 0) is 4.79 Å². The molecule has 0 aromatic carbocycles. The molecule has 0 heterocycles. The fourth-order valence-electron chi connectivity index (χ4n) is 9.32. The highest BCUT2D eigenvalue weighted by atomic mass is 35.5. The molecule has 0 aliphatic heterocycles. The van der Waals surface area contributed by atoms with Crippen LogP contribution < -0.4 is 24.8 Å². The molecule has 42 heavy (non-hydrogen) atoms. The van der Waals surface area contributed by atoms with Crippen LogP contribution in [0.5, 0.6) is 0 Å². The topological polar surface area (TPSA) is 20.3 Å². The second kappa shape index (κ2) is 17.0. The molecule has 2 fully saturated rings. The standard InChI is InChI=1S/C36H73N3O.2ClH/c1-28(18-20-33-30(3)16-14-24-35(33,6)7)22-26-38(10,11)37(32(5)40)39(12,13)27-23-29(2)19-21-34-31(4)17-15-25-36(34,8)9;;/h28-31,33-34H,14-27H2,1-13H3;2*1H/q+2;;/p-2. The van der Waals surface area contributed by atoms with Crippen LogP contribution in [0.2, 0.25) is 0 Å². The molecule has 6 atom stereocenters. The normalized spacial score (nSPS) is 27.3. The number of carbonyl (C=O) groups is 1. The van der Waals surface area contributed by atoms with Crippen molar-refractivity contribution in [1.82, 2.24) is 5.12 Å². The quantitative estimate of drug-likeness (QED) is 0.212. The summed E-state index contributed by atoms with van der Waals surface area (Å²) in [6, 6.07) is 0. The summed E-state index contributed by atoms with van der Waals surface area (Å²) in [4.78, 5) is 13.1. The molecule has 0 saturated heterocycles. The van der Waals surface area contributed by atoms with Crippen LogP contribution in [0.15, 0.2) is 0 Å². The molecule has 2 rings (SSSR count). The average molecular weight is 635 g/mol. The number of nitrogens with zero attached hydrogens (tertiary/aromatic N) is 3. The Morgan fingerprint density at radius 2 is 1.05 bits per heavy atom. The highest BCUT2D eigenvalue weighted by Gasteiger charge is 2.43. The van der Waals surface area contributed by atoms with Crippen LogP contribution >= 0.6 is 0 Å². The maximum Gasteiger partial charge on any atom is 0.320 e. The Kier molecular flexibility index (Phi) is 17.0. The summed E-state index contributed by atoms with van der Waals surface area (Å²) in [5.74, 6) is 4.99. The van der Waals surface area contributed by atoms with Gasteiger partial charge in [-0.05, 0) is 77.1 Å². The van der Waals surface area contributed by atoms with Crippen molar-refractivity contribution in [1.29, 1.82) is 0 Å². The third kappa shape index (κ3) is 11.7.